The highest BCUT2D eigenvalue weighted by molar-refractivity contribution is 7.85. The molecule has 1 aliphatic heterocycles. The Labute approximate surface area is 104 Å². The standard InChI is InChI=1S/C9H10N4O2S2/c14-17-5-2-13(3-6-17)9-11-10-8(16-9)7-1-4-15-12-7/h1,4H,2-3,5-6H2. The van der Waals surface area contributed by atoms with Gasteiger partial charge in [0.1, 0.15) is 12.0 Å². The van der Waals surface area contributed by atoms with E-state index >= 15 is 0 Å². The van der Waals surface area contributed by atoms with E-state index in [4.69, 9.17) is 4.52 Å². The van der Waals surface area contributed by atoms with Gasteiger partial charge in [-0.3, -0.25) is 4.21 Å². The van der Waals surface area contributed by atoms with E-state index < -0.39 is 10.8 Å². The van der Waals surface area contributed by atoms with E-state index in [0.29, 0.717) is 17.2 Å². The molecule has 0 atom stereocenters. The van der Waals surface area contributed by atoms with E-state index in [1.165, 1.54) is 17.6 Å². The lowest BCUT2D eigenvalue weighted by Crippen LogP contribution is -2.37. The molecule has 0 N–H and O–H groups in total. The van der Waals surface area contributed by atoms with Gasteiger partial charge in [-0.15, -0.1) is 10.2 Å². The third-order valence-electron chi connectivity index (χ3n) is 2.52. The summed E-state index contributed by atoms with van der Waals surface area (Å²) in [7, 11) is -0.670. The molecule has 8 heteroatoms. The average molecular weight is 270 g/mol. The van der Waals surface area contributed by atoms with Gasteiger partial charge in [0.05, 0.1) is 0 Å². The average Bonchev–Trinajstić information content (AvgIpc) is 3.00. The van der Waals surface area contributed by atoms with Crippen molar-refractivity contribution in [2.45, 2.75) is 0 Å². The molecule has 0 spiro atoms. The van der Waals surface area contributed by atoms with Crippen LogP contribution in [0.5, 0.6) is 0 Å². The summed E-state index contributed by atoms with van der Waals surface area (Å²) in [6.07, 6.45) is 1.51. The van der Waals surface area contributed by atoms with Gasteiger partial charge in [0.15, 0.2) is 5.01 Å². The molecule has 2 aromatic rings. The molecule has 0 bridgehead atoms. The quantitative estimate of drug-likeness (QED) is 0.802. The van der Waals surface area contributed by atoms with Crippen molar-refractivity contribution < 1.29 is 8.73 Å². The Morgan fingerprint density at radius 3 is 2.88 bits per heavy atom. The molecule has 90 valence electrons. The molecular formula is C9H10N4O2S2. The van der Waals surface area contributed by atoms with Crippen molar-refractivity contribution in [1.29, 1.82) is 0 Å². The predicted octanol–water partition coefficient (Wildman–Crippen LogP) is 0.762. The Morgan fingerprint density at radius 2 is 2.18 bits per heavy atom. The second-order valence-corrected chi connectivity index (χ2v) is 6.26. The maximum absolute atomic E-state index is 11.3. The van der Waals surface area contributed by atoms with Gasteiger partial charge in [0.2, 0.25) is 5.13 Å². The highest BCUT2D eigenvalue weighted by atomic mass is 32.2. The first-order chi connectivity index (χ1) is 8.33. The smallest absolute Gasteiger partial charge is 0.208 e. The van der Waals surface area contributed by atoms with Crippen LogP contribution in [0.2, 0.25) is 0 Å². The van der Waals surface area contributed by atoms with Crippen LogP contribution in [0.15, 0.2) is 16.9 Å². The monoisotopic (exact) mass is 270 g/mol. The van der Waals surface area contributed by atoms with E-state index in [9.17, 15) is 4.21 Å². The van der Waals surface area contributed by atoms with Crippen molar-refractivity contribution in [2.24, 2.45) is 0 Å². The lowest BCUT2D eigenvalue weighted by Gasteiger charge is -2.24. The third kappa shape index (κ3) is 2.22. The van der Waals surface area contributed by atoms with Crippen LogP contribution in [0.1, 0.15) is 0 Å². The summed E-state index contributed by atoms with van der Waals surface area (Å²) in [5, 5.41) is 13.7. The van der Waals surface area contributed by atoms with Gasteiger partial charge in [-0.1, -0.05) is 16.5 Å². The van der Waals surface area contributed by atoms with Crippen LogP contribution in [0.4, 0.5) is 5.13 Å². The molecule has 3 rings (SSSR count). The zero-order valence-electron chi connectivity index (χ0n) is 8.90. The fraction of sp³-hybridized carbons (Fsp3) is 0.444. The lowest BCUT2D eigenvalue weighted by molar-refractivity contribution is 0.422. The van der Waals surface area contributed by atoms with Gasteiger partial charge >= 0.3 is 0 Å². The van der Waals surface area contributed by atoms with Gasteiger partial charge in [-0.05, 0) is 0 Å². The molecule has 0 radical (unpaired) electrons. The molecule has 0 aromatic carbocycles. The van der Waals surface area contributed by atoms with E-state index in [-0.39, 0.29) is 0 Å². The number of nitrogens with zero attached hydrogens (tertiary/aromatic N) is 4. The summed E-state index contributed by atoms with van der Waals surface area (Å²) in [5.74, 6) is 1.41. The molecule has 1 saturated heterocycles. The topological polar surface area (TPSA) is 72.1 Å². The van der Waals surface area contributed by atoms with Crippen LogP contribution in [0.25, 0.3) is 10.7 Å². The third-order valence-corrected chi connectivity index (χ3v) is 4.80. The lowest BCUT2D eigenvalue weighted by atomic mass is 10.5. The van der Waals surface area contributed by atoms with Crippen LogP contribution in [-0.2, 0) is 10.8 Å². The Balaban J connectivity index is 1.79. The Morgan fingerprint density at radius 1 is 1.35 bits per heavy atom. The summed E-state index contributed by atoms with van der Waals surface area (Å²) in [4.78, 5) is 2.11. The summed E-state index contributed by atoms with van der Waals surface area (Å²) < 4.78 is 16.0. The summed E-state index contributed by atoms with van der Waals surface area (Å²) in [6, 6.07) is 1.76. The molecular weight excluding hydrogens is 260 g/mol. The summed E-state index contributed by atoms with van der Waals surface area (Å²) >= 11 is 1.48. The minimum Gasteiger partial charge on any atom is -0.364 e. The number of aromatic nitrogens is 3. The Hall–Kier alpha value is -1.28. The van der Waals surface area contributed by atoms with E-state index in [1.54, 1.807) is 6.07 Å². The van der Waals surface area contributed by atoms with E-state index in [2.05, 4.69) is 20.3 Å². The first-order valence-corrected chi connectivity index (χ1v) is 7.47. The normalized spacial score (nSPS) is 17.5. The summed E-state index contributed by atoms with van der Waals surface area (Å²) in [6.45, 7) is 1.56. The van der Waals surface area contributed by atoms with Crippen LogP contribution in [0.3, 0.4) is 0 Å². The van der Waals surface area contributed by atoms with Crippen molar-refractivity contribution in [3.63, 3.8) is 0 Å². The highest BCUT2D eigenvalue weighted by Gasteiger charge is 2.19. The van der Waals surface area contributed by atoms with Crippen molar-refractivity contribution >= 4 is 27.3 Å². The molecule has 0 saturated carbocycles. The molecule has 2 aromatic heterocycles. The van der Waals surface area contributed by atoms with Gasteiger partial charge in [0.25, 0.3) is 0 Å². The molecule has 0 amide bonds. The van der Waals surface area contributed by atoms with Crippen LogP contribution in [-0.4, -0.2) is 44.2 Å². The second-order valence-electron chi connectivity index (χ2n) is 3.61. The second kappa shape index (κ2) is 4.53. The molecule has 1 aliphatic rings. The molecule has 0 unspecified atom stereocenters. The first kappa shape index (κ1) is 10.8. The number of hydrogen-bond acceptors (Lipinski definition) is 7. The van der Waals surface area contributed by atoms with Crippen LogP contribution < -0.4 is 4.90 Å². The maximum atomic E-state index is 11.3. The number of rotatable bonds is 2. The molecule has 3 heterocycles. The van der Waals surface area contributed by atoms with Crippen LogP contribution in [0, 0.1) is 0 Å². The van der Waals surface area contributed by atoms with E-state index in [1.807, 2.05) is 0 Å². The van der Waals surface area contributed by atoms with Gasteiger partial charge in [0, 0.05) is 41.5 Å². The molecule has 1 fully saturated rings. The van der Waals surface area contributed by atoms with Crippen molar-refractivity contribution in [2.75, 3.05) is 29.5 Å². The van der Waals surface area contributed by atoms with Gasteiger partial charge in [-0.2, -0.15) is 0 Å². The Bertz CT molecular complexity index is 515. The number of anilines is 1. The minimum absolute atomic E-state index is 0.670. The first-order valence-electron chi connectivity index (χ1n) is 5.17. The minimum atomic E-state index is -0.670. The SMILES string of the molecule is O=S1CCN(c2nnc(-c3ccon3)s2)CC1. The van der Waals surface area contributed by atoms with Crippen molar-refractivity contribution in [3.8, 4) is 10.7 Å². The summed E-state index contributed by atoms with van der Waals surface area (Å²) in [5.41, 5.74) is 0.703. The van der Waals surface area contributed by atoms with E-state index in [0.717, 1.165) is 23.2 Å². The fourth-order valence-corrected chi connectivity index (χ4v) is 3.51. The number of hydrogen-bond donors (Lipinski definition) is 0. The molecule has 6 nitrogen and oxygen atoms in total. The zero-order chi connectivity index (χ0) is 11.7. The largest absolute Gasteiger partial charge is 0.364 e. The van der Waals surface area contributed by atoms with Gasteiger partial charge in [-0.25, -0.2) is 0 Å². The van der Waals surface area contributed by atoms with Gasteiger partial charge < -0.3 is 9.42 Å². The molecule has 0 aliphatic carbocycles. The van der Waals surface area contributed by atoms with Crippen molar-refractivity contribution in [3.05, 3.63) is 12.3 Å². The Kier molecular flexibility index (Phi) is 2.89. The highest BCUT2D eigenvalue weighted by Crippen LogP contribution is 2.27. The van der Waals surface area contributed by atoms with Crippen LogP contribution >= 0.6 is 11.3 Å². The van der Waals surface area contributed by atoms with Crippen molar-refractivity contribution in [1.82, 2.24) is 15.4 Å². The molecule has 17 heavy (non-hydrogen) atoms. The predicted molar refractivity (Wildman–Crippen MR) is 65.5 cm³/mol. The maximum Gasteiger partial charge on any atom is 0.208 e. The zero-order valence-corrected chi connectivity index (χ0v) is 10.5. The fourth-order valence-electron chi connectivity index (χ4n) is 1.60.